The van der Waals surface area contributed by atoms with Crippen LogP contribution in [0.1, 0.15) is 12.0 Å². The fourth-order valence-electron chi connectivity index (χ4n) is 3.05. The molecule has 1 saturated heterocycles. The zero-order chi connectivity index (χ0) is 19.3. The van der Waals surface area contributed by atoms with Gasteiger partial charge in [0.25, 0.3) is 5.88 Å². The van der Waals surface area contributed by atoms with E-state index in [9.17, 15) is 24.5 Å². The average Bonchev–Trinajstić information content (AvgIpc) is 3.25. The number of nitrogens with zero attached hydrogens (tertiary/aromatic N) is 5. The summed E-state index contributed by atoms with van der Waals surface area (Å²) >= 11 is 0. The number of hydrogen-bond acceptors (Lipinski definition) is 10. The molecule has 0 amide bonds. The molecule has 0 radical (unpaired) electrons. The third-order valence-electron chi connectivity index (χ3n) is 4.31. The van der Waals surface area contributed by atoms with Gasteiger partial charge in [0.1, 0.15) is 17.7 Å². The van der Waals surface area contributed by atoms with Crippen LogP contribution in [-0.2, 0) is 11.3 Å². The number of ether oxygens (including phenoxy) is 1. The van der Waals surface area contributed by atoms with Crippen LogP contribution in [0.4, 0.5) is 10.3 Å². The van der Waals surface area contributed by atoms with E-state index < -0.39 is 36.9 Å². The Kier molecular flexibility index (Phi) is 4.05. The van der Waals surface area contributed by atoms with E-state index in [1.54, 1.807) is 0 Å². The van der Waals surface area contributed by atoms with Gasteiger partial charge >= 0.3 is 5.69 Å². The number of aromatic nitrogens is 5. The lowest BCUT2D eigenvalue weighted by atomic mass is 10.1. The third-order valence-corrected chi connectivity index (χ3v) is 4.31. The number of hydrogen-bond donors (Lipinski definition) is 4. The molecule has 1 aliphatic heterocycles. The van der Waals surface area contributed by atoms with Crippen LogP contribution in [0.5, 0.6) is 5.88 Å². The summed E-state index contributed by atoms with van der Waals surface area (Å²) in [7, 11) is 0. The van der Waals surface area contributed by atoms with Crippen molar-refractivity contribution in [3.63, 3.8) is 0 Å². The van der Waals surface area contributed by atoms with Gasteiger partial charge in [-0.1, -0.05) is 0 Å². The number of fused-ring (bicyclic) bond motifs is 1. The molecular weight excluding hydrogens is 367 g/mol. The van der Waals surface area contributed by atoms with E-state index in [0.717, 1.165) is 4.57 Å². The van der Waals surface area contributed by atoms with E-state index in [-0.39, 0.29) is 35.3 Å². The van der Waals surface area contributed by atoms with Crippen LogP contribution in [0.15, 0.2) is 21.6 Å². The summed E-state index contributed by atoms with van der Waals surface area (Å²) in [4.78, 5) is 20.8. The van der Waals surface area contributed by atoms with E-state index >= 15 is 0 Å². The van der Waals surface area contributed by atoms with Crippen LogP contribution < -0.4 is 11.4 Å². The van der Waals surface area contributed by atoms with Crippen LogP contribution in [-0.4, -0.2) is 64.6 Å². The minimum atomic E-state index is -1.89. The normalized spacial score (nSPS) is 25.4. The van der Waals surface area contributed by atoms with Crippen molar-refractivity contribution in [2.45, 2.75) is 31.2 Å². The molecule has 27 heavy (non-hydrogen) atoms. The molecule has 1 fully saturated rings. The zero-order valence-corrected chi connectivity index (χ0v) is 13.6. The molecule has 0 saturated carbocycles. The highest BCUT2D eigenvalue weighted by Crippen LogP contribution is 2.32. The second-order valence-corrected chi connectivity index (χ2v) is 6.01. The first-order valence-electron chi connectivity index (χ1n) is 7.87. The van der Waals surface area contributed by atoms with E-state index in [1.807, 2.05) is 0 Å². The van der Waals surface area contributed by atoms with Crippen molar-refractivity contribution in [3.05, 3.63) is 28.5 Å². The van der Waals surface area contributed by atoms with Gasteiger partial charge < -0.3 is 30.3 Å². The van der Waals surface area contributed by atoms with Crippen LogP contribution >= 0.6 is 0 Å². The first-order chi connectivity index (χ1) is 12.9. The Balaban J connectivity index is 1.87. The molecule has 0 aliphatic carbocycles. The smallest absolute Gasteiger partial charge is 0.333 e. The largest absolute Gasteiger partial charge is 0.491 e. The van der Waals surface area contributed by atoms with Crippen molar-refractivity contribution < 1.29 is 29.0 Å². The van der Waals surface area contributed by atoms with Crippen molar-refractivity contribution in [1.82, 2.24) is 24.3 Å². The molecule has 5 N–H and O–H groups in total. The Bertz CT molecular complexity index is 1050. The summed E-state index contributed by atoms with van der Waals surface area (Å²) in [6.45, 7) is -0.814. The molecule has 1 aliphatic rings. The van der Waals surface area contributed by atoms with Gasteiger partial charge in [0.15, 0.2) is 23.8 Å². The van der Waals surface area contributed by atoms with Crippen molar-refractivity contribution in [1.29, 1.82) is 0 Å². The molecule has 13 heteroatoms. The maximum Gasteiger partial charge on any atom is 0.333 e. The molecule has 3 aromatic heterocycles. The Labute approximate surface area is 149 Å². The van der Waals surface area contributed by atoms with Gasteiger partial charge in [-0.25, -0.2) is 18.7 Å². The van der Waals surface area contributed by atoms with Crippen molar-refractivity contribution in [3.8, 4) is 5.88 Å². The van der Waals surface area contributed by atoms with E-state index in [1.165, 1.54) is 16.8 Å². The summed E-state index contributed by atoms with van der Waals surface area (Å²) in [6.07, 6.45) is -5.03. The number of halogens is 1. The summed E-state index contributed by atoms with van der Waals surface area (Å²) in [5.74, 6) is -0.341. The highest BCUT2D eigenvalue weighted by Gasteiger charge is 2.46. The number of aliphatic hydroxyl groups excluding tert-OH is 2. The molecule has 4 heterocycles. The standard InChI is InChI=1S/C14H15FN6O6/c15-9-7(4-22)26-12(10(9)24)21-11-6(2-17-13(16)18-11)20(14(21)25)3-5-1-8(23)19-27-5/h1-2,7,9-10,12,22,24H,3-4H2,(H,19,23)(H2,16,17,18)/t7-,9-,10-,12-/m1/s1. The van der Waals surface area contributed by atoms with E-state index in [0.29, 0.717) is 0 Å². The molecule has 0 bridgehead atoms. The number of rotatable bonds is 4. The summed E-state index contributed by atoms with van der Waals surface area (Å²) < 4.78 is 26.4. The molecule has 3 aromatic rings. The molecule has 0 aromatic carbocycles. The number of alkyl halides is 1. The zero-order valence-electron chi connectivity index (χ0n) is 13.6. The average molecular weight is 382 g/mol. The Hall–Kier alpha value is -3.03. The monoisotopic (exact) mass is 382 g/mol. The number of nitrogen functional groups attached to an aromatic ring is 1. The molecule has 144 valence electrons. The van der Waals surface area contributed by atoms with Gasteiger partial charge in [0, 0.05) is 6.07 Å². The van der Waals surface area contributed by atoms with Gasteiger partial charge in [-0.15, -0.1) is 0 Å². The second kappa shape index (κ2) is 6.29. The van der Waals surface area contributed by atoms with Gasteiger partial charge in [0.2, 0.25) is 5.95 Å². The second-order valence-electron chi connectivity index (χ2n) is 6.01. The molecule has 0 spiro atoms. The summed E-state index contributed by atoms with van der Waals surface area (Å²) in [5.41, 5.74) is 5.10. The highest BCUT2D eigenvalue weighted by atomic mass is 19.1. The van der Waals surface area contributed by atoms with Crippen LogP contribution in [0.3, 0.4) is 0 Å². The van der Waals surface area contributed by atoms with Crippen LogP contribution in [0.2, 0.25) is 0 Å². The Morgan fingerprint density at radius 2 is 2.19 bits per heavy atom. The van der Waals surface area contributed by atoms with Gasteiger partial charge in [0.05, 0.1) is 19.3 Å². The van der Waals surface area contributed by atoms with Crippen molar-refractivity contribution >= 4 is 17.1 Å². The maximum absolute atomic E-state index is 14.1. The van der Waals surface area contributed by atoms with Gasteiger partial charge in [-0.05, 0) is 5.16 Å². The minimum absolute atomic E-state index is 0.00563. The summed E-state index contributed by atoms with van der Waals surface area (Å²) in [6, 6.07) is 1.22. The maximum atomic E-state index is 14.1. The molecule has 4 atom stereocenters. The quantitative estimate of drug-likeness (QED) is 0.416. The molecule has 0 unspecified atom stereocenters. The number of anilines is 1. The fourth-order valence-corrected chi connectivity index (χ4v) is 3.05. The Morgan fingerprint density at radius 3 is 2.81 bits per heavy atom. The van der Waals surface area contributed by atoms with E-state index in [4.69, 9.17) is 15.0 Å². The van der Waals surface area contributed by atoms with Crippen molar-refractivity contribution in [2.24, 2.45) is 0 Å². The predicted molar refractivity (Wildman–Crippen MR) is 85.4 cm³/mol. The fraction of sp³-hybridized carbons (Fsp3) is 0.429. The third kappa shape index (κ3) is 2.72. The number of nitrogens with two attached hydrogens (primary N) is 1. The van der Waals surface area contributed by atoms with Crippen LogP contribution in [0, 0.1) is 0 Å². The van der Waals surface area contributed by atoms with E-state index in [2.05, 4.69) is 15.1 Å². The first kappa shape index (κ1) is 17.4. The van der Waals surface area contributed by atoms with Gasteiger partial charge in [-0.3, -0.25) is 4.57 Å². The lowest BCUT2D eigenvalue weighted by Crippen LogP contribution is -2.34. The number of aliphatic hydroxyl groups is 2. The topological polar surface area (TPSA) is 175 Å². The molecular formula is C14H15FN6O6. The first-order valence-corrected chi connectivity index (χ1v) is 7.87. The number of imidazole rings is 1. The SMILES string of the molecule is Nc1ncc2c(n1)n([C@@H]1O[C@H](CO)[C@@H](F)[C@H]1O)c(=O)n2Cc1cc(O)no1. The van der Waals surface area contributed by atoms with Crippen molar-refractivity contribution in [2.75, 3.05) is 12.3 Å². The number of aromatic hydroxyl groups is 1. The molecule has 12 nitrogen and oxygen atoms in total. The molecule has 4 rings (SSSR count). The Morgan fingerprint density at radius 1 is 1.41 bits per heavy atom. The lowest BCUT2D eigenvalue weighted by Gasteiger charge is -2.15. The lowest BCUT2D eigenvalue weighted by molar-refractivity contribution is -0.0513. The van der Waals surface area contributed by atoms with Crippen LogP contribution in [0.25, 0.3) is 11.2 Å². The van der Waals surface area contributed by atoms with Gasteiger partial charge in [-0.2, -0.15) is 4.98 Å². The summed E-state index contributed by atoms with van der Waals surface area (Å²) in [5, 5.41) is 32.0. The predicted octanol–water partition coefficient (Wildman–Crippen LogP) is -1.49. The highest BCUT2D eigenvalue weighted by molar-refractivity contribution is 5.72. The minimum Gasteiger partial charge on any atom is -0.491 e.